The van der Waals surface area contributed by atoms with E-state index in [-0.39, 0.29) is 0 Å². The van der Waals surface area contributed by atoms with Crippen molar-refractivity contribution in [2.24, 2.45) is 0 Å². The Bertz CT molecular complexity index is 315. The van der Waals surface area contributed by atoms with E-state index in [2.05, 4.69) is 44.2 Å². The van der Waals surface area contributed by atoms with Gasteiger partial charge in [-0.3, -0.25) is 0 Å². The van der Waals surface area contributed by atoms with Crippen LogP contribution in [-0.4, -0.2) is 31.8 Å². The zero-order valence-electron chi connectivity index (χ0n) is 11.0. The second kappa shape index (κ2) is 6.18. The number of benzene rings is 1. The number of quaternary nitrogens is 1. The van der Waals surface area contributed by atoms with E-state index in [0.717, 1.165) is 0 Å². The van der Waals surface area contributed by atoms with Crippen molar-refractivity contribution in [3.8, 4) is 0 Å². The summed E-state index contributed by atoms with van der Waals surface area (Å²) < 4.78 is 5.76. The molecule has 0 aromatic heterocycles. The van der Waals surface area contributed by atoms with Crippen LogP contribution < -0.4 is 4.90 Å². The molecule has 0 radical (unpaired) electrons. The molecule has 17 heavy (non-hydrogen) atoms. The van der Waals surface area contributed by atoms with Crippen LogP contribution in [0, 0.1) is 0 Å². The summed E-state index contributed by atoms with van der Waals surface area (Å²) in [7, 11) is 0. The number of rotatable bonds is 4. The zero-order valence-corrected chi connectivity index (χ0v) is 11.0. The molecule has 1 heterocycles. The standard InChI is InChI=1S/C15H23NO/c1-13-11-16(12-14(2)17-13)10-6-9-15-7-4-3-5-8-15/h3-5,7-8,13-14H,6,9-12H2,1-2H3/p+1/t13-,14-/m0/s1. The third kappa shape index (κ3) is 4.14. The van der Waals surface area contributed by atoms with Crippen LogP contribution >= 0.6 is 0 Å². The van der Waals surface area contributed by atoms with E-state index in [1.807, 2.05) is 0 Å². The summed E-state index contributed by atoms with van der Waals surface area (Å²) in [6.07, 6.45) is 3.32. The monoisotopic (exact) mass is 234 g/mol. The molecule has 2 atom stereocenters. The number of hydrogen-bond acceptors (Lipinski definition) is 1. The van der Waals surface area contributed by atoms with Gasteiger partial charge < -0.3 is 9.64 Å². The van der Waals surface area contributed by atoms with Gasteiger partial charge in [-0.15, -0.1) is 0 Å². The van der Waals surface area contributed by atoms with Crippen LogP contribution in [0.2, 0.25) is 0 Å². The first kappa shape index (κ1) is 12.6. The topological polar surface area (TPSA) is 13.7 Å². The SMILES string of the molecule is C[C@H]1C[NH+](CCCc2ccccc2)C[C@H](C)O1. The van der Waals surface area contributed by atoms with E-state index < -0.39 is 0 Å². The van der Waals surface area contributed by atoms with Gasteiger partial charge in [-0.2, -0.15) is 0 Å². The normalized spacial score (nSPS) is 29.2. The van der Waals surface area contributed by atoms with Crippen LogP contribution in [-0.2, 0) is 11.2 Å². The Morgan fingerprint density at radius 1 is 1.12 bits per heavy atom. The molecule has 2 heteroatoms. The van der Waals surface area contributed by atoms with E-state index in [1.165, 1.54) is 38.0 Å². The van der Waals surface area contributed by atoms with Gasteiger partial charge in [-0.1, -0.05) is 30.3 Å². The third-order valence-electron chi connectivity index (χ3n) is 3.46. The minimum absolute atomic E-state index is 0.422. The van der Waals surface area contributed by atoms with Crippen molar-refractivity contribution in [3.05, 3.63) is 35.9 Å². The molecule has 1 fully saturated rings. The van der Waals surface area contributed by atoms with Gasteiger partial charge in [0.25, 0.3) is 0 Å². The van der Waals surface area contributed by atoms with Crippen molar-refractivity contribution >= 4 is 0 Å². The molecule has 2 nitrogen and oxygen atoms in total. The van der Waals surface area contributed by atoms with E-state index >= 15 is 0 Å². The molecule has 0 unspecified atom stereocenters. The van der Waals surface area contributed by atoms with Crippen molar-refractivity contribution in [3.63, 3.8) is 0 Å². The van der Waals surface area contributed by atoms with Crippen LogP contribution in [0.5, 0.6) is 0 Å². The average Bonchev–Trinajstić information content (AvgIpc) is 2.29. The van der Waals surface area contributed by atoms with Gasteiger partial charge in [0.05, 0.1) is 6.54 Å². The summed E-state index contributed by atoms with van der Waals surface area (Å²) in [4.78, 5) is 1.70. The van der Waals surface area contributed by atoms with Crippen LogP contribution in [0.1, 0.15) is 25.8 Å². The summed E-state index contributed by atoms with van der Waals surface area (Å²) in [6.45, 7) is 7.98. The highest BCUT2D eigenvalue weighted by Gasteiger charge is 2.24. The number of ether oxygens (including phenoxy) is 1. The summed E-state index contributed by atoms with van der Waals surface area (Å²) in [5.41, 5.74) is 1.46. The second-order valence-corrected chi connectivity index (χ2v) is 5.25. The Morgan fingerprint density at radius 2 is 1.76 bits per heavy atom. The smallest absolute Gasteiger partial charge is 0.104 e. The quantitative estimate of drug-likeness (QED) is 0.829. The van der Waals surface area contributed by atoms with Crippen LogP contribution in [0.25, 0.3) is 0 Å². The van der Waals surface area contributed by atoms with Crippen LogP contribution in [0.3, 0.4) is 0 Å². The fraction of sp³-hybridized carbons (Fsp3) is 0.600. The maximum Gasteiger partial charge on any atom is 0.104 e. The Morgan fingerprint density at radius 3 is 2.41 bits per heavy atom. The molecular formula is C15H24NO+. The molecule has 0 spiro atoms. The largest absolute Gasteiger partial charge is 0.364 e. The minimum atomic E-state index is 0.422. The fourth-order valence-electron chi connectivity index (χ4n) is 2.78. The molecule has 1 N–H and O–H groups in total. The van der Waals surface area contributed by atoms with E-state index in [0.29, 0.717) is 12.2 Å². The maximum absolute atomic E-state index is 5.76. The second-order valence-electron chi connectivity index (χ2n) is 5.25. The number of nitrogens with one attached hydrogen (secondary N) is 1. The Labute approximate surface area is 105 Å². The van der Waals surface area contributed by atoms with E-state index in [4.69, 9.17) is 4.74 Å². The highest BCUT2D eigenvalue weighted by atomic mass is 16.5. The highest BCUT2D eigenvalue weighted by molar-refractivity contribution is 5.14. The summed E-state index contributed by atoms with van der Waals surface area (Å²) in [6, 6.07) is 10.8. The summed E-state index contributed by atoms with van der Waals surface area (Å²) in [5, 5.41) is 0. The molecule has 0 bridgehead atoms. The lowest BCUT2D eigenvalue weighted by Gasteiger charge is -2.32. The Kier molecular flexibility index (Phi) is 4.57. The summed E-state index contributed by atoms with van der Waals surface area (Å²) in [5.74, 6) is 0. The van der Waals surface area contributed by atoms with Crippen molar-refractivity contribution in [2.45, 2.75) is 38.9 Å². The van der Waals surface area contributed by atoms with Gasteiger partial charge in [0.2, 0.25) is 0 Å². The van der Waals surface area contributed by atoms with Gasteiger partial charge in [-0.05, 0) is 25.8 Å². The van der Waals surface area contributed by atoms with Gasteiger partial charge in [0.1, 0.15) is 25.3 Å². The lowest BCUT2D eigenvalue weighted by Crippen LogP contribution is -3.15. The molecule has 1 saturated heterocycles. The molecule has 94 valence electrons. The number of hydrogen-bond donors (Lipinski definition) is 1. The first-order valence-corrected chi connectivity index (χ1v) is 6.77. The Hall–Kier alpha value is -0.860. The zero-order chi connectivity index (χ0) is 12.1. The van der Waals surface area contributed by atoms with Gasteiger partial charge in [-0.25, -0.2) is 0 Å². The fourth-order valence-corrected chi connectivity index (χ4v) is 2.78. The molecule has 1 aliphatic rings. The molecule has 0 aliphatic carbocycles. The number of morpholine rings is 1. The predicted octanol–water partition coefficient (Wildman–Crippen LogP) is 1.31. The lowest BCUT2D eigenvalue weighted by atomic mass is 10.1. The Balaban J connectivity index is 1.71. The predicted molar refractivity (Wildman–Crippen MR) is 70.3 cm³/mol. The molecule has 1 aliphatic heterocycles. The van der Waals surface area contributed by atoms with Crippen molar-refractivity contribution in [2.75, 3.05) is 19.6 Å². The minimum Gasteiger partial charge on any atom is -0.364 e. The van der Waals surface area contributed by atoms with Gasteiger partial charge in [0, 0.05) is 6.42 Å². The third-order valence-corrected chi connectivity index (χ3v) is 3.46. The molecule has 0 amide bonds. The average molecular weight is 234 g/mol. The van der Waals surface area contributed by atoms with E-state index in [1.54, 1.807) is 4.90 Å². The van der Waals surface area contributed by atoms with Crippen LogP contribution in [0.15, 0.2) is 30.3 Å². The van der Waals surface area contributed by atoms with Crippen molar-refractivity contribution < 1.29 is 9.64 Å². The van der Waals surface area contributed by atoms with Crippen LogP contribution in [0.4, 0.5) is 0 Å². The lowest BCUT2D eigenvalue weighted by molar-refractivity contribution is -0.915. The molecule has 1 aromatic rings. The van der Waals surface area contributed by atoms with Crippen molar-refractivity contribution in [1.82, 2.24) is 0 Å². The summed E-state index contributed by atoms with van der Waals surface area (Å²) >= 11 is 0. The molecule has 2 rings (SSSR count). The van der Waals surface area contributed by atoms with Gasteiger partial charge in [0.15, 0.2) is 0 Å². The first-order chi connectivity index (χ1) is 8.24. The maximum atomic E-state index is 5.76. The molecule has 0 saturated carbocycles. The highest BCUT2D eigenvalue weighted by Crippen LogP contribution is 2.02. The molecular weight excluding hydrogens is 210 g/mol. The van der Waals surface area contributed by atoms with Crippen molar-refractivity contribution in [1.29, 1.82) is 0 Å². The van der Waals surface area contributed by atoms with Gasteiger partial charge >= 0.3 is 0 Å². The molecule has 1 aromatic carbocycles. The van der Waals surface area contributed by atoms with E-state index in [9.17, 15) is 0 Å². The first-order valence-electron chi connectivity index (χ1n) is 6.77. The number of aryl methyl sites for hydroxylation is 1.